The van der Waals surface area contributed by atoms with Crippen molar-refractivity contribution in [2.24, 2.45) is 23.2 Å². The Morgan fingerprint density at radius 2 is 2.06 bits per heavy atom. The molecule has 2 aliphatic heterocycles. The van der Waals surface area contributed by atoms with Crippen molar-refractivity contribution in [2.45, 2.75) is 31.8 Å². The van der Waals surface area contributed by atoms with Crippen LogP contribution in [0.25, 0.3) is 0 Å². The van der Waals surface area contributed by atoms with E-state index in [4.69, 9.17) is 9.47 Å². The first-order valence-electron chi connectivity index (χ1n) is 6.70. The number of hydrogen-bond donors (Lipinski definition) is 0. The van der Waals surface area contributed by atoms with Crippen LogP contribution in [0.1, 0.15) is 25.7 Å². The van der Waals surface area contributed by atoms with Crippen molar-refractivity contribution in [3.05, 3.63) is 12.2 Å². The van der Waals surface area contributed by atoms with E-state index in [9.17, 15) is 9.59 Å². The third-order valence-corrected chi connectivity index (χ3v) is 5.52. The number of carbonyl (C=O) groups excluding carboxylic acids is 2. The molecular weight excluding hydrogens is 232 g/mol. The molecule has 0 aromatic rings. The first kappa shape index (κ1) is 10.6. The lowest BCUT2D eigenvalue weighted by atomic mass is 9.64. The zero-order valence-corrected chi connectivity index (χ0v) is 10.2. The number of carbonyl (C=O) groups is 2. The molecule has 2 heterocycles. The lowest BCUT2D eigenvalue weighted by Crippen LogP contribution is -2.41. The van der Waals surface area contributed by atoms with Crippen LogP contribution in [0.15, 0.2) is 12.2 Å². The van der Waals surface area contributed by atoms with E-state index in [1.54, 1.807) is 0 Å². The molecule has 4 aliphatic rings. The van der Waals surface area contributed by atoms with E-state index in [1.165, 1.54) is 0 Å². The number of fused-ring (bicyclic) bond motifs is 2. The van der Waals surface area contributed by atoms with Gasteiger partial charge in [0.1, 0.15) is 11.5 Å². The molecule has 0 aromatic carbocycles. The van der Waals surface area contributed by atoms with Crippen molar-refractivity contribution in [1.82, 2.24) is 0 Å². The fourth-order valence-electron chi connectivity index (χ4n) is 4.75. The van der Waals surface area contributed by atoms with Crippen LogP contribution >= 0.6 is 0 Å². The number of esters is 2. The fourth-order valence-corrected chi connectivity index (χ4v) is 4.75. The number of ether oxygens (including phenoxy) is 2. The highest BCUT2D eigenvalue weighted by molar-refractivity contribution is 5.99. The minimum Gasteiger partial charge on any atom is -0.465 e. The molecule has 4 fully saturated rings. The molecule has 2 saturated carbocycles. The van der Waals surface area contributed by atoms with Gasteiger partial charge in [0.25, 0.3) is 0 Å². The van der Waals surface area contributed by atoms with Crippen LogP contribution in [0.4, 0.5) is 0 Å². The molecular formula is C14H16O4. The molecule has 5 atom stereocenters. The summed E-state index contributed by atoms with van der Waals surface area (Å²) in [5.41, 5.74) is -0.434. The summed E-state index contributed by atoms with van der Waals surface area (Å²) in [6.45, 7) is 4.29. The minimum absolute atomic E-state index is 0.00535. The van der Waals surface area contributed by atoms with Gasteiger partial charge in [-0.3, -0.25) is 4.79 Å². The van der Waals surface area contributed by atoms with Gasteiger partial charge in [-0.2, -0.15) is 0 Å². The van der Waals surface area contributed by atoms with Crippen LogP contribution in [0.3, 0.4) is 0 Å². The summed E-state index contributed by atoms with van der Waals surface area (Å²) in [5.74, 6) is 0.518. The van der Waals surface area contributed by atoms with Crippen molar-refractivity contribution >= 4 is 11.9 Å². The van der Waals surface area contributed by atoms with E-state index in [0.29, 0.717) is 30.4 Å². The van der Waals surface area contributed by atoms with E-state index in [0.717, 1.165) is 19.3 Å². The molecule has 0 radical (unpaired) electrons. The molecule has 4 nitrogen and oxygen atoms in total. The van der Waals surface area contributed by atoms with E-state index in [1.807, 2.05) is 0 Å². The van der Waals surface area contributed by atoms with Gasteiger partial charge in [0.15, 0.2) is 0 Å². The summed E-state index contributed by atoms with van der Waals surface area (Å²) in [6, 6.07) is 0. The van der Waals surface area contributed by atoms with Crippen LogP contribution in [0.2, 0.25) is 0 Å². The van der Waals surface area contributed by atoms with Gasteiger partial charge in [-0.25, -0.2) is 4.79 Å². The van der Waals surface area contributed by atoms with E-state index in [-0.39, 0.29) is 24.0 Å². The van der Waals surface area contributed by atoms with Crippen molar-refractivity contribution in [3.63, 3.8) is 0 Å². The van der Waals surface area contributed by atoms with Gasteiger partial charge in [-0.15, -0.1) is 0 Å². The summed E-state index contributed by atoms with van der Waals surface area (Å²) < 4.78 is 10.7. The molecule has 18 heavy (non-hydrogen) atoms. The van der Waals surface area contributed by atoms with Crippen molar-refractivity contribution < 1.29 is 19.1 Å². The smallest absolute Gasteiger partial charge is 0.334 e. The Morgan fingerprint density at radius 1 is 1.22 bits per heavy atom. The SMILES string of the molecule is C=C1C(=O)OC2CC3CC2C(C3)C12CCOC2=O. The Labute approximate surface area is 105 Å². The van der Waals surface area contributed by atoms with E-state index < -0.39 is 5.41 Å². The quantitative estimate of drug-likeness (QED) is 0.481. The molecule has 0 aromatic heterocycles. The minimum atomic E-state index is -0.772. The van der Waals surface area contributed by atoms with Crippen LogP contribution in [0, 0.1) is 23.2 Å². The third-order valence-electron chi connectivity index (χ3n) is 5.52. The Morgan fingerprint density at radius 3 is 2.72 bits per heavy atom. The van der Waals surface area contributed by atoms with Crippen molar-refractivity contribution in [3.8, 4) is 0 Å². The topological polar surface area (TPSA) is 52.6 Å². The predicted octanol–water partition coefficient (Wildman–Crippen LogP) is 1.45. The van der Waals surface area contributed by atoms with Gasteiger partial charge < -0.3 is 9.47 Å². The lowest BCUT2D eigenvalue weighted by Gasteiger charge is -2.35. The Bertz CT molecular complexity index is 468. The van der Waals surface area contributed by atoms with Gasteiger partial charge in [0.2, 0.25) is 0 Å². The van der Waals surface area contributed by atoms with Gasteiger partial charge in [0.05, 0.1) is 6.61 Å². The van der Waals surface area contributed by atoms with E-state index >= 15 is 0 Å². The van der Waals surface area contributed by atoms with E-state index in [2.05, 4.69) is 6.58 Å². The van der Waals surface area contributed by atoms with Crippen LogP contribution in [-0.4, -0.2) is 24.6 Å². The fraction of sp³-hybridized carbons (Fsp3) is 0.714. The first-order chi connectivity index (χ1) is 8.63. The molecule has 0 N–H and O–H groups in total. The molecule has 4 rings (SSSR count). The Hall–Kier alpha value is -1.32. The molecule has 2 saturated heterocycles. The predicted molar refractivity (Wildman–Crippen MR) is 61.4 cm³/mol. The molecule has 96 valence electrons. The highest BCUT2D eigenvalue weighted by Crippen LogP contribution is 2.62. The third kappa shape index (κ3) is 1.03. The van der Waals surface area contributed by atoms with Crippen LogP contribution in [0.5, 0.6) is 0 Å². The average Bonchev–Trinajstić information content (AvgIpc) is 3.00. The maximum Gasteiger partial charge on any atom is 0.334 e. The molecule has 5 unspecified atom stereocenters. The number of cyclic esters (lactones) is 1. The largest absolute Gasteiger partial charge is 0.465 e. The van der Waals surface area contributed by atoms with Crippen molar-refractivity contribution in [2.75, 3.05) is 6.61 Å². The summed E-state index contributed by atoms with van der Waals surface area (Å²) in [4.78, 5) is 24.3. The highest BCUT2D eigenvalue weighted by Gasteiger charge is 2.65. The standard InChI is InChI=1S/C14H16O4/c1-7-12(15)18-11-6-8-4-9(11)10(5-8)14(7)2-3-17-13(14)16/h8-11H,1-6H2. The second kappa shape index (κ2) is 3.16. The van der Waals surface area contributed by atoms with Gasteiger partial charge >= 0.3 is 11.9 Å². The second-order valence-electron chi connectivity index (χ2n) is 6.12. The summed E-state index contributed by atoms with van der Waals surface area (Å²) in [5, 5.41) is 0. The second-order valence-corrected chi connectivity index (χ2v) is 6.12. The maximum atomic E-state index is 12.2. The zero-order valence-electron chi connectivity index (χ0n) is 10.2. The van der Waals surface area contributed by atoms with Gasteiger partial charge in [-0.05, 0) is 31.1 Å². The zero-order chi connectivity index (χ0) is 12.5. The van der Waals surface area contributed by atoms with Gasteiger partial charge in [0, 0.05) is 17.9 Å². The highest BCUT2D eigenvalue weighted by atomic mass is 16.6. The normalized spacial score (nSPS) is 49.4. The van der Waals surface area contributed by atoms with Gasteiger partial charge in [-0.1, -0.05) is 6.58 Å². The number of rotatable bonds is 0. The number of hydrogen-bond acceptors (Lipinski definition) is 4. The first-order valence-corrected chi connectivity index (χ1v) is 6.70. The average molecular weight is 248 g/mol. The van der Waals surface area contributed by atoms with Crippen LogP contribution in [-0.2, 0) is 19.1 Å². The monoisotopic (exact) mass is 248 g/mol. The summed E-state index contributed by atoms with van der Waals surface area (Å²) in [7, 11) is 0. The summed E-state index contributed by atoms with van der Waals surface area (Å²) >= 11 is 0. The molecule has 2 aliphatic carbocycles. The van der Waals surface area contributed by atoms with Crippen molar-refractivity contribution in [1.29, 1.82) is 0 Å². The molecule has 0 amide bonds. The molecule has 2 bridgehead atoms. The Kier molecular flexibility index (Phi) is 1.86. The van der Waals surface area contributed by atoms with Crippen LogP contribution < -0.4 is 0 Å². The molecule has 4 heteroatoms. The Balaban J connectivity index is 1.87. The maximum absolute atomic E-state index is 12.2. The molecule has 1 spiro atoms. The summed E-state index contributed by atoms with van der Waals surface area (Å²) in [6.07, 6.45) is 3.67. The lowest BCUT2D eigenvalue weighted by molar-refractivity contribution is -0.149.